The second kappa shape index (κ2) is 6.86. The molecule has 2 aromatic carbocycles. The van der Waals surface area contributed by atoms with E-state index in [0.29, 0.717) is 12.0 Å². The average Bonchev–Trinajstić information content (AvgIpc) is 2.64. The summed E-state index contributed by atoms with van der Waals surface area (Å²) in [6.45, 7) is 1.12. The zero-order valence-electron chi connectivity index (χ0n) is 13.7. The Labute approximate surface area is 149 Å². The van der Waals surface area contributed by atoms with E-state index in [0.717, 1.165) is 18.0 Å². The molecule has 0 aromatic heterocycles. The van der Waals surface area contributed by atoms with Gasteiger partial charge in [0.15, 0.2) is 0 Å². The highest BCUT2D eigenvalue weighted by Crippen LogP contribution is 2.37. The Morgan fingerprint density at radius 3 is 2.58 bits per heavy atom. The van der Waals surface area contributed by atoms with Crippen LogP contribution in [0.4, 0.5) is 5.69 Å². The standard InChI is InChI=1S/C22H22ClN/c23-19-12-10-17(11-13-19)16-22-21-9-5-4-6-18(21)14-15-24(22)20-7-2-1-3-8-20/h1-5,7-13,18,22H,6,14-16H2. The molecule has 0 radical (unpaired) electrons. The Bertz CT molecular complexity index is 745. The number of para-hydroxylation sites is 1. The maximum atomic E-state index is 6.06. The molecule has 1 nitrogen and oxygen atoms in total. The van der Waals surface area contributed by atoms with Crippen molar-refractivity contribution >= 4 is 17.3 Å². The highest BCUT2D eigenvalue weighted by atomic mass is 35.5. The summed E-state index contributed by atoms with van der Waals surface area (Å²) in [7, 11) is 0. The number of halogens is 1. The van der Waals surface area contributed by atoms with Gasteiger partial charge in [-0.3, -0.25) is 0 Å². The zero-order chi connectivity index (χ0) is 16.4. The minimum absolute atomic E-state index is 0.428. The summed E-state index contributed by atoms with van der Waals surface area (Å²) >= 11 is 6.06. The van der Waals surface area contributed by atoms with Crippen molar-refractivity contribution in [3.63, 3.8) is 0 Å². The van der Waals surface area contributed by atoms with Crippen LogP contribution in [0.2, 0.25) is 5.02 Å². The van der Waals surface area contributed by atoms with Crippen LogP contribution in [0, 0.1) is 5.92 Å². The zero-order valence-corrected chi connectivity index (χ0v) is 14.5. The lowest BCUT2D eigenvalue weighted by Crippen LogP contribution is -2.46. The third kappa shape index (κ3) is 3.14. The molecule has 2 heteroatoms. The lowest BCUT2D eigenvalue weighted by atomic mass is 9.78. The topological polar surface area (TPSA) is 3.24 Å². The third-order valence-corrected chi connectivity index (χ3v) is 5.48. The second-order valence-electron chi connectivity index (χ2n) is 6.69. The van der Waals surface area contributed by atoms with Crippen molar-refractivity contribution < 1.29 is 0 Å². The van der Waals surface area contributed by atoms with Crippen molar-refractivity contribution in [1.82, 2.24) is 0 Å². The minimum Gasteiger partial charge on any atom is -0.364 e. The summed E-state index contributed by atoms with van der Waals surface area (Å²) in [5.41, 5.74) is 4.26. The highest BCUT2D eigenvalue weighted by Gasteiger charge is 2.33. The van der Waals surface area contributed by atoms with Crippen molar-refractivity contribution in [2.24, 2.45) is 5.92 Å². The SMILES string of the molecule is Clc1ccc(CC2C3=CC=CCC3CCN2c2ccccc2)cc1. The largest absolute Gasteiger partial charge is 0.364 e. The molecule has 122 valence electrons. The Morgan fingerprint density at radius 2 is 1.79 bits per heavy atom. The summed E-state index contributed by atoms with van der Waals surface area (Å²) in [5.74, 6) is 0.701. The van der Waals surface area contributed by atoms with Crippen molar-refractivity contribution in [3.05, 3.63) is 89.0 Å². The molecular weight excluding hydrogens is 314 g/mol. The van der Waals surface area contributed by atoms with E-state index in [9.17, 15) is 0 Å². The molecule has 1 aliphatic carbocycles. The van der Waals surface area contributed by atoms with Crippen LogP contribution < -0.4 is 4.90 Å². The summed E-state index contributed by atoms with van der Waals surface area (Å²) in [6.07, 6.45) is 10.3. The number of fused-ring (bicyclic) bond motifs is 1. The summed E-state index contributed by atoms with van der Waals surface area (Å²) in [6, 6.07) is 19.6. The Morgan fingerprint density at radius 1 is 1.00 bits per heavy atom. The van der Waals surface area contributed by atoms with Gasteiger partial charge in [-0.15, -0.1) is 0 Å². The van der Waals surface area contributed by atoms with Gasteiger partial charge in [-0.1, -0.05) is 60.2 Å². The Balaban J connectivity index is 1.68. The number of allylic oxidation sites excluding steroid dienone is 3. The number of nitrogens with zero attached hydrogens (tertiary/aromatic N) is 1. The number of rotatable bonds is 3. The molecule has 2 aromatic rings. The summed E-state index contributed by atoms with van der Waals surface area (Å²) in [5, 5.41) is 0.806. The van der Waals surface area contributed by atoms with Crippen molar-refractivity contribution in [2.45, 2.75) is 25.3 Å². The molecule has 0 N–H and O–H groups in total. The van der Waals surface area contributed by atoms with Crippen LogP contribution in [0.3, 0.4) is 0 Å². The molecular formula is C22H22ClN. The number of piperidine rings is 1. The Hall–Kier alpha value is -1.99. The van der Waals surface area contributed by atoms with Gasteiger partial charge in [-0.05, 0) is 60.6 Å². The van der Waals surface area contributed by atoms with Gasteiger partial charge in [0, 0.05) is 17.3 Å². The molecule has 1 fully saturated rings. The molecule has 0 bridgehead atoms. The second-order valence-corrected chi connectivity index (χ2v) is 7.13. The van der Waals surface area contributed by atoms with E-state index in [1.165, 1.54) is 24.1 Å². The first kappa shape index (κ1) is 15.5. The first-order valence-electron chi connectivity index (χ1n) is 8.74. The van der Waals surface area contributed by atoms with Gasteiger partial charge in [0.05, 0.1) is 6.04 Å². The van der Waals surface area contributed by atoms with E-state index in [2.05, 4.69) is 65.6 Å². The first-order chi connectivity index (χ1) is 11.8. The molecule has 1 heterocycles. The molecule has 2 unspecified atom stereocenters. The van der Waals surface area contributed by atoms with Crippen LogP contribution in [0.25, 0.3) is 0 Å². The van der Waals surface area contributed by atoms with Crippen molar-refractivity contribution in [2.75, 3.05) is 11.4 Å². The maximum absolute atomic E-state index is 6.06. The van der Waals surface area contributed by atoms with Crippen LogP contribution >= 0.6 is 11.6 Å². The Kier molecular flexibility index (Phi) is 4.44. The normalized spacial score (nSPS) is 22.9. The van der Waals surface area contributed by atoms with Crippen LogP contribution in [0.15, 0.2) is 78.4 Å². The van der Waals surface area contributed by atoms with Gasteiger partial charge < -0.3 is 4.90 Å². The number of hydrogen-bond acceptors (Lipinski definition) is 1. The molecule has 0 amide bonds. The number of benzene rings is 2. The number of hydrogen-bond donors (Lipinski definition) is 0. The molecule has 1 saturated heterocycles. The fraction of sp³-hybridized carbons (Fsp3) is 0.273. The monoisotopic (exact) mass is 335 g/mol. The lowest BCUT2D eigenvalue weighted by Gasteiger charge is -2.44. The predicted octanol–water partition coefficient (Wildman–Crippen LogP) is 5.66. The van der Waals surface area contributed by atoms with Gasteiger partial charge in [-0.25, -0.2) is 0 Å². The van der Waals surface area contributed by atoms with Crippen LogP contribution in [0.5, 0.6) is 0 Å². The van der Waals surface area contributed by atoms with E-state index in [-0.39, 0.29) is 0 Å². The van der Waals surface area contributed by atoms with Gasteiger partial charge in [0.2, 0.25) is 0 Å². The van der Waals surface area contributed by atoms with Gasteiger partial charge in [0.25, 0.3) is 0 Å². The molecule has 1 aliphatic heterocycles. The van der Waals surface area contributed by atoms with E-state index in [1.54, 1.807) is 5.57 Å². The molecule has 0 spiro atoms. The summed E-state index contributed by atoms with van der Waals surface area (Å²) < 4.78 is 0. The van der Waals surface area contributed by atoms with E-state index < -0.39 is 0 Å². The molecule has 2 aliphatic rings. The van der Waals surface area contributed by atoms with Crippen LogP contribution in [-0.2, 0) is 6.42 Å². The fourth-order valence-electron chi connectivity index (χ4n) is 3.99. The maximum Gasteiger partial charge on any atom is 0.0548 e. The summed E-state index contributed by atoms with van der Waals surface area (Å²) in [4.78, 5) is 2.58. The first-order valence-corrected chi connectivity index (χ1v) is 9.12. The van der Waals surface area contributed by atoms with E-state index >= 15 is 0 Å². The van der Waals surface area contributed by atoms with Crippen molar-refractivity contribution in [1.29, 1.82) is 0 Å². The molecule has 2 atom stereocenters. The van der Waals surface area contributed by atoms with E-state index in [4.69, 9.17) is 11.6 Å². The molecule has 4 rings (SSSR count). The third-order valence-electron chi connectivity index (χ3n) is 5.23. The van der Waals surface area contributed by atoms with Gasteiger partial charge in [-0.2, -0.15) is 0 Å². The van der Waals surface area contributed by atoms with Crippen LogP contribution in [0.1, 0.15) is 18.4 Å². The molecule has 24 heavy (non-hydrogen) atoms. The average molecular weight is 336 g/mol. The van der Waals surface area contributed by atoms with Gasteiger partial charge >= 0.3 is 0 Å². The fourth-order valence-corrected chi connectivity index (χ4v) is 4.12. The van der Waals surface area contributed by atoms with Crippen molar-refractivity contribution in [3.8, 4) is 0 Å². The van der Waals surface area contributed by atoms with Crippen LogP contribution in [-0.4, -0.2) is 12.6 Å². The predicted molar refractivity (Wildman–Crippen MR) is 103 cm³/mol. The molecule has 0 saturated carbocycles. The lowest BCUT2D eigenvalue weighted by molar-refractivity contribution is 0.439. The number of anilines is 1. The van der Waals surface area contributed by atoms with Gasteiger partial charge in [0.1, 0.15) is 0 Å². The highest BCUT2D eigenvalue weighted by molar-refractivity contribution is 6.30. The smallest absolute Gasteiger partial charge is 0.0548 e. The van der Waals surface area contributed by atoms with E-state index in [1.807, 2.05) is 12.1 Å². The quantitative estimate of drug-likeness (QED) is 0.699. The minimum atomic E-state index is 0.428.